The Bertz CT molecular complexity index is 1240. The van der Waals surface area contributed by atoms with Gasteiger partial charge >= 0.3 is 5.97 Å². The fourth-order valence-corrected chi connectivity index (χ4v) is 5.35. The first-order chi connectivity index (χ1) is 15.4. The molecule has 0 bridgehead atoms. The van der Waals surface area contributed by atoms with E-state index in [4.69, 9.17) is 16.3 Å². The lowest BCUT2D eigenvalue weighted by atomic mass is 9.98. The lowest BCUT2D eigenvalue weighted by Gasteiger charge is -2.31. The maximum absolute atomic E-state index is 13.3. The average molecular weight is 474 g/mol. The number of esters is 1. The second-order valence-electron chi connectivity index (χ2n) is 7.85. The molecule has 1 unspecified atom stereocenters. The number of thiophene rings is 1. The third kappa shape index (κ3) is 4.29. The fraction of sp³-hybridized carbons (Fsp3) is 0.391. The van der Waals surface area contributed by atoms with Crippen LogP contribution in [0.1, 0.15) is 40.6 Å². The molecule has 1 fully saturated rings. The summed E-state index contributed by atoms with van der Waals surface area (Å²) < 4.78 is 6.64. The third-order valence-electron chi connectivity index (χ3n) is 5.74. The molecule has 168 valence electrons. The molecule has 1 amide bonds. The van der Waals surface area contributed by atoms with Crippen LogP contribution in [-0.4, -0.2) is 46.0 Å². The molecule has 0 N–H and O–H groups in total. The van der Waals surface area contributed by atoms with E-state index < -0.39 is 0 Å². The molecule has 3 aromatic rings. The number of nitrogens with zero attached hydrogens (tertiary/aromatic N) is 3. The Kier molecular flexibility index (Phi) is 6.62. The van der Waals surface area contributed by atoms with E-state index in [-0.39, 0.29) is 23.4 Å². The predicted octanol–water partition coefficient (Wildman–Crippen LogP) is 3.88. The van der Waals surface area contributed by atoms with Gasteiger partial charge in [-0.3, -0.25) is 19.0 Å². The van der Waals surface area contributed by atoms with E-state index in [1.807, 2.05) is 18.2 Å². The molecule has 9 heteroatoms. The number of carbonyl (C=O) groups is 2. The van der Waals surface area contributed by atoms with Crippen LogP contribution in [0.15, 0.2) is 35.4 Å². The van der Waals surface area contributed by atoms with E-state index in [9.17, 15) is 14.4 Å². The highest BCUT2D eigenvalue weighted by Gasteiger charge is 2.31. The molecule has 0 saturated carbocycles. The Morgan fingerprint density at radius 3 is 2.84 bits per heavy atom. The smallest absolute Gasteiger partial charge is 0.310 e. The summed E-state index contributed by atoms with van der Waals surface area (Å²) in [5.41, 5.74) is 1.24. The highest BCUT2D eigenvalue weighted by Crippen LogP contribution is 2.30. The third-order valence-corrected chi connectivity index (χ3v) is 7.30. The normalized spacial score (nSPS) is 16.3. The molecule has 0 spiro atoms. The van der Waals surface area contributed by atoms with Gasteiger partial charge in [-0.1, -0.05) is 29.8 Å². The number of likely N-dealkylation sites (tertiary alicyclic amines) is 1. The fourth-order valence-electron chi connectivity index (χ4n) is 4.04. The number of halogens is 1. The maximum atomic E-state index is 13.3. The van der Waals surface area contributed by atoms with Crippen LogP contribution in [0.25, 0.3) is 10.2 Å². The Labute approximate surface area is 194 Å². The summed E-state index contributed by atoms with van der Waals surface area (Å²) in [6.45, 7) is 5.08. The highest BCUT2D eigenvalue weighted by atomic mass is 35.5. The van der Waals surface area contributed by atoms with Gasteiger partial charge in [0.2, 0.25) is 0 Å². The second kappa shape index (κ2) is 9.42. The monoisotopic (exact) mass is 473 g/mol. The Morgan fingerprint density at radius 1 is 1.31 bits per heavy atom. The van der Waals surface area contributed by atoms with Gasteiger partial charge in [-0.25, -0.2) is 4.98 Å². The van der Waals surface area contributed by atoms with Gasteiger partial charge in [0.15, 0.2) is 0 Å². The first-order valence-corrected chi connectivity index (χ1v) is 11.8. The van der Waals surface area contributed by atoms with Crippen LogP contribution in [0, 0.1) is 12.8 Å². The maximum Gasteiger partial charge on any atom is 0.310 e. The number of ether oxygens (including phenoxy) is 1. The van der Waals surface area contributed by atoms with E-state index in [1.165, 1.54) is 22.2 Å². The molecule has 4 rings (SSSR count). The predicted molar refractivity (Wildman–Crippen MR) is 124 cm³/mol. The first-order valence-electron chi connectivity index (χ1n) is 10.6. The molecule has 7 nitrogen and oxygen atoms in total. The van der Waals surface area contributed by atoms with Gasteiger partial charge in [0.25, 0.3) is 11.5 Å². The number of hydrogen-bond acceptors (Lipinski definition) is 6. The number of piperidine rings is 1. The molecule has 0 radical (unpaired) electrons. The largest absolute Gasteiger partial charge is 0.466 e. The topological polar surface area (TPSA) is 81.5 Å². The van der Waals surface area contributed by atoms with Crippen molar-refractivity contribution in [2.75, 3.05) is 19.7 Å². The van der Waals surface area contributed by atoms with Gasteiger partial charge < -0.3 is 9.64 Å². The number of rotatable bonds is 5. The van der Waals surface area contributed by atoms with Crippen molar-refractivity contribution in [3.05, 3.63) is 62.0 Å². The van der Waals surface area contributed by atoms with Crippen molar-refractivity contribution in [3.8, 4) is 0 Å². The summed E-state index contributed by atoms with van der Waals surface area (Å²) in [6, 6.07) is 7.35. The van der Waals surface area contributed by atoms with Gasteiger partial charge in [0, 0.05) is 18.1 Å². The van der Waals surface area contributed by atoms with Crippen LogP contribution >= 0.6 is 22.9 Å². The van der Waals surface area contributed by atoms with Gasteiger partial charge in [-0.2, -0.15) is 0 Å². The van der Waals surface area contributed by atoms with Crippen LogP contribution in [-0.2, 0) is 16.1 Å². The molecule has 3 heterocycles. The molecule has 2 aromatic heterocycles. The number of aromatic nitrogens is 2. The van der Waals surface area contributed by atoms with E-state index in [1.54, 1.807) is 24.8 Å². The Morgan fingerprint density at radius 2 is 2.09 bits per heavy atom. The van der Waals surface area contributed by atoms with E-state index in [0.29, 0.717) is 58.3 Å². The van der Waals surface area contributed by atoms with Crippen molar-refractivity contribution < 1.29 is 14.3 Å². The number of carbonyl (C=O) groups excluding carboxylic acids is 2. The Hall–Kier alpha value is -2.71. The highest BCUT2D eigenvalue weighted by molar-refractivity contribution is 7.20. The average Bonchev–Trinajstić information content (AvgIpc) is 3.14. The van der Waals surface area contributed by atoms with Gasteiger partial charge in [-0.15, -0.1) is 11.3 Å². The minimum absolute atomic E-state index is 0.170. The zero-order chi connectivity index (χ0) is 22.8. The van der Waals surface area contributed by atoms with Crippen molar-refractivity contribution in [2.45, 2.75) is 33.2 Å². The standard InChI is InChI=1S/C23H24ClN3O4S/c1-3-31-23(30)16-8-6-10-26(12-16)22(29)19-14(2)18-20(32-19)25-13-27(21(18)28)11-15-7-4-5-9-17(15)24/h4-5,7,9,13,16H,3,6,8,10-12H2,1-2H3. The molecule has 32 heavy (non-hydrogen) atoms. The van der Waals surface area contributed by atoms with Crippen LogP contribution in [0.4, 0.5) is 0 Å². The summed E-state index contributed by atoms with van der Waals surface area (Å²) in [4.78, 5) is 45.8. The Balaban J connectivity index is 1.63. The minimum atomic E-state index is -0.312. The number of aryl methyl sites for hydroxylation is 1. The lowest BCUT2D eigenvalue weighted by Crippen LogP contribution is -2.42. The van der Waals surface area contributed by atoms with Crippen molar-refractivity contribution >= 4 is 45.0 Å². The number of benzene rings is 1. The zero-order valence-corrected chi connectivity index (χ0v) is 19.5. The van der Waals surface area contributed by atoms with Crippen LogP contribution in [0.2, 0.25) is 5.02 Å². The molecular formula is C23H24ClN3O4S. The molecule has 0 aliphatic carbocycles. The van der Waals surface area contributed by atoms with Crippen molar-refractivity contribution in [1.29, 1.82) is 0 Å². The van der Waals surface area contributed by atoms with Gasteiger partial charge in [0.05, 0.1) is 35.7 Å². The molecule has 1 saturated heterocycles. The van der Waals surface area contributed by atoms with Crippen LogP contribution in [0.3, 0.4) is 0 Å². The lowest BCUT2D eigenvalue weighted by molar-refractivity contribution is -0.149. The molecule has 1 aromatic carbocycles. The first kappa shape index (κ1) is 22.5. The van der Waals surface area contributed by atoms with Crippen LogP contribution in [0.5, 0.6) is 0 Å². The second-order valence-corrected chi connectivity index (χ2v) is 9.25. The number of fused-ring (bicyclic) bond motifs is 1. The number of hydrogen-bond donors (Lipinski definition) is 0. The molecule has 1 aliphatic rings. The van der Waals surface area contributed by atoms with Crippen LogP contribution < -0.4 is 5.56 Å². The molecule has 1 aliphatic heterocycles. The number of amides is 1. The van der Waals surface area contributed by atoms with Crippen molar-refractivity contribution in [3.63, 3.8) is 0 Å². The van der Waals surface area contributed by atoms with E-state index in [0.717, 1.165) is 12.0 Å². The summed E-state index contributed by atoms with van der Waals surface area (Å²) >= 11 is 7.46. The zero-order valence-electron chi connectivity index (χ0n) is 18.0. The molecule has 1 atom stereocenters. The summed E-state index contributed by atoms with van der Waals surface area (Å²) in [6.07, 6.45) is 2.94. The van der Waals surface area contributed by atoms with E-state index >= 15 is 0 Å². The van der Waals surface area contributed by atoms with Gasteiger partial charge in [0.1, 0.15) is 4.83 Å². The van der Waals surface area contributed by atoms with Crippen molar-refractivity contribution in [2.24, 2.45) is 5.92 Å². The summed E-state index contributed by atoms with van der Waals surface area (Å²) in [5, 5.41) is 1.03. The van der Waals surface area contributed by atoms with Crippen molar-refractivity contribution in [1.82, 2.24) is 14.5 Å². The summed E-state index contributed by atoms with van der Waals surface area (Å²) in [5.74, 6) is -0.743. The SMILES string of the molecule is CCOC(=O)C1CCCN(C(=O)c2sc3ncn(Cc4ccccc4Cl)c(=O)c3c2C)C1. The van der Waals surface area contributed by atoms with Gasteiger partial charge in [-0.05, 0) is 43.9 Å². The van der Waals surface area contributed by atoms with E-state index in [2.05, 4.69) is 4.98 Å². The minimum Gasteiger partial charge on any atom is -0.466 e. The quantitative estimate of drug-likeness (QED) is 0.525. The molecular weight excluding hydrogens is 450 g/mol. The summed E-state index contributed by atoms with van der Waals surface area (Å²) in [7, 11) is 0.